The van der Waals surface area contributed by atoms with Gasteiger partial charge in [0.15, 0.2) is 0 Å². The van der Waals surface area contributed by atoms with E-state index in [-0.39, 0.29) is 65.9 Å². The van der Waals surface area contributed by atoms with Crippen LogP contribution < -0.4 is 10.7 Å². The topological polar surface area (TPSA) is 159 Å². The number of esters is 1. The molecule has 4 aliphatic heterocycles. The summed E-state index contributed by atoms with van der Waals surface area (Å²) in [6, 6.07) is 6.55. The minimum atomic E-state index is -2.86. The number of hydrogen-bond acceptors (Lipinski definition) is 13. The number of ether oxygens (including phenoxy) is 5. The molecule has 7 heterocycles. The lowest BCUT2D eigenvalue weighted by Gasteiger charge is -2.42. The van der Waals surface area contributed by atoms with Crippen molar-refractivity contribution in [2.75, 3.05) is 59.8 Å². The highest BCUT2D eigenvalue weighted by Crippen LogP contribution is 2.51. The van der Waals surface area contributed by atoms with E-state index < -0.39 is 48.5 Å². The monoisotopic (exact) mass is 1030 g/mol. The third kappa shape index (κ3) is 11.6. The van der Waals surface area contributed by atoms with Gasteiger partial charge in [0, 0.05) is 77.7 Å². The second-order valence-electron chi connectivity index (χ2n) is 22.4. The number of pyridine rings is 1. The van der Waals surface area contributed by atoms with Gasteiger partial charge in [0.2, 0.25) is 5.91 Å². The molecule has 0 spiro atoms. The fourth-order valence-corrected chi connectivity index (χ4v) is 12.9. The van der Waals surface area contributed by atoms with E-state index in [4.69, 9.17) is 33.7 Å². The number of nitrogens with zero attached hydrogens (tertiary/aromatic N) is 5. The molecule has 4 aromatic rings. The summed E-state index contributed by atoms with van der Waals surface area (Å²) in [6.07, 6.45) is 0.747. The molecule has 18 heteroatoms. The lowest BCUT2D eigenvalue weighted by atomic mass is 9.82. The zero-order chi connectivity index (χ0) is 51.9. The molecule has 0 unspecified atom stereocenters. The molecule has 3 saturated heterocycles. The summed E-state index contributed by atoms with van der Waals surface area (Å²) in [5, 5.41) is 7.32. The summed E-state index contributed by atoms with van der Waals surface area (Å²) in [5.74, 6) is -1.19. The van der Waals surface area contributed by atoms with Gasteiger partial charge in [-0.1, -0.05) is 40.7 Å². The Kier molecular flexibility index (Phi) is 16.4. The number of nitrogens with one attached hydrogen (secondary N) is 2. The van der Waals surface area contributed by atoms with E-state index in [2.05, 4.69) is 66.1 Å². The van der Waals surface area contributed by atoms with Gasteiger partial charge in [-0.3, -0.25) is 29.3 Å². The summed E-state index contributed by atoms with van der Waals surface area (Å²) >= 11 is 1.18. The van der Waals surface area contributed by atoms with Crippen molar-refractivity contribution < 1.29 is 46.8 Å². The Morgan fingerprint density at radius 1 is 1.08 bits per heavy atom. The number of alkyl halides is 2. The van der Waals surface area contributed by atoms with Crippen molar-refractivity contribution in [2.24, 2.45) is 29.1 Å². The van der Waals surface area contributed by atoms with Gasteiger partial charge in [0.05, 0.1) is 55.7 Å². The number of carbonyl (C=O) groups excluding carboxylic acids is 3. The molecule has 15 nitrogen and oxygen atoms in total. The Morgan fingerprint density at radius 3 is 2.63 bits per heavy atom. The molecule has 73 heavy (non-hydrogen) atoms. The SMILES string of the molecule is CO[C@@H](C)c1ncc([C@@H]2CCN3CCOC[C@@H]3C2)cc1-c1c2c3cc(ccc3n1CCOC(C)C)-c1csc(n1)[C@@H](OCC(F)F)[C@H](NC(=O)[C@@H]1[C@@H](C)[C@H]1C(C)C)C(=O)N1CCC[C@H](N1)C(=O)OCC(C)(C)C2. The second-order valence-corrected chi connectivity index (χ2v) is 23.3. The lowest BCUT2D eigenvalue weighted by Crippen LogP contribution is -2.61. The number of hydrazine groups is 1. The maximum atomic E-state index is 14.8. The number of hydrogen-bond donors (Lipinski definition) is 2. The highest BCUT2D eigenvalue weighted by atomic mass is 32.1. The summed E-state index contributed by atoms with van der Waals surface area (Å²) in [5.41, 5.74) is 9.70. The van der Waals surface area contributed by atoms with Crippen LogP contribution in [0.1, 0.15) is 121 Å². The van der Waals surface area contributed by atoms with Crippen molar-refractivity contribution in [1.29, 1.82) is 0 Å². The zero-order valence-corrected chi connectivity index (χ0v) is 44.8. The fourth-order valence-electron chi connectivity index (χ4n) is 12.0. The number of thiazole rings is 1. The maximum Gasteiger partial charge on any atom is 0.324 e. The lowest BCUT2D eigenvalue weighted by molar-refractivity contribution is -0.157. The van der Waals surface area contributed by atoms with Crippen LogP contribution in [0, 0.1) is 29.1 Å². The van der Waals surface area contributed by atoms with Crippen LogP contribution in [-0.2, 0) is 51.0 Å². The van der Waals surface area contributed by atoms with Crippen molar-refractivity contribution in [2.45, 2.75) is 143 Å². The minimum absolute atomic E-state index is 0.000224. The van der Waals surface area contributed by atoms with Gasteiger partial charge in [-0.05, 0) is 112 Å². The Hall–Kier alpha value is -4.43. The van der Waals surface area contributed by atoms with E-state index in [1.165, 1.54) is 16.3 Å². The third-order valence-corrected chi connectivity index (χ3v) is 16.8. The van der Waals surface area contributed by atoms with E-state index in [1.54, 1.807) is 7.11 Å². The molecular weight excluding hydrogens is 957 g/mol. The highest BCUT2D eigenvalue weighted by Gasteiger charge is 2.54. The molecule has 3 aromatic heterocycles. The smallest absolute Gasteiger partial charge is 0.324 e. The van der Waals surface area contributed by atoms with E-state index in [0.717, 1.165) is 83.7 Å². The predicted octanol–water partition coefficient (Wildman–Crippen LogP) is 8.50. The molecule has 1 saturated carbocycles. The predicted molar refractivity (Wildman–Crippen MR) is 275 cm³/mol. The number of carbonyl (C=O) groups is 3. The number of benzene rings is 1. The van der Waals surface area contributed by atoms with E-state index >= 15 is 0 Å². The standard InChI is InChI=1S/C55H75F2N7O8S/c1-30(2)45-32(5)46(45)51(65)60-48-50(71-27-44(56)57)52-59-42(28-73-52)35-12-13-43-38(22-35)40(24-55(7,8)29-72-54(67)41-11-10-15-64(61-41)53(48)66)49(63(43)18-20-70-31(3)4)39-23-36(25-58-47(39)33(6)68-9)34-14-16-62-17-19-69-26-37(62)21-34/h12-13,22-23,25,28,30-34,37,41,44-46,48,50,61H,10-11,14-21,24,26-27,29H2,1-9H3,(H,60,65)/t32-,33-,34+,37-,41-,45+,46+,48-,50-/m0/s1. The Bertz CT molecular complexity index is 2620. The first kappa shape index (κ1) is 53.4. The average molecular weight is 1030 g/mol. The molecule has 398 valence electrons. The summed E-state index contributed by atoms with van der Waals surface area (Å²) in [7, 11) is 1.70. The molecule has 2 amide bonds. The minimum Gasteiger partial charge on any atom is -0.464 e. The van der Waals surface area contributed by atoms with Gasteiger partial charge in [-0.15, -0.1) is 11.3 Å². The van der Waals surface area contributed by atoms with Crippen LogP contribution in [0.2, 0.25) is 0 Å². The number of methoxy groups -OCH3 is 1. The number of halogens is 2. The van der Waals surface area contributed by atoms with E-state index in [9.17, 15) is 23.2 Å². The van der Waals surface area contributed by atoms with E-state index in [1.807, 2.05) is 45.3 Å². The quantitative estimate of drug-likeness (QED) is 0.116. The van der Waals surface area contributed by atoms with Crippen LogP contribution in [-0.4, -0.2) is 133 Å². The first-order chi connectivity index (χ1) is 34.9. The first-order valence-electron chi connectivity index (χ1n) is 26.4. The molecule has 1 aromatic carbocycles. The number of amides is 2. The number of aromatic nitrogens is 3. The van der Waals surface area contributed by atoms with Gasteiger partial charge in [-0.2, -0.15) is 0 Å². The van der Waals surface area contributed by atoms with Crippen LogP contribution in [0.4, 0.5) is 8.78 Å². The Morgan fingerprint density at radius 2 is 1.89 bits per heavy atom. The van der Waals surface area contributed by atoms with Crippen LogP contribution in [0.5, 0.6) is 0 Å². The average Bonchev–Trinajstić information content (AvgIpc) is 3.67. The third-order valence-electron chi connectivity index (χ3n) is 15.9. The highest BCUT2D eigenvalue weighted by molar-refractivity contribution is 7.10. The summed E-state index contributed by atoms with van der Waals surface area (Å²) in [4.78, 5) is 56.0. The van der Waals surface area contributed by atoms with Crippen molar-refractivity contribution in [3.63, 3.8) is 0 Å². The normalized spacial score (nSPS) is 27.3. The number of fused-ring (bicyclic) bond motifs is 7. The second kappa shape index (κ2) is 22.4. The molecule has 0 radical (unpaired) electrons. The van der Waals surface area contributed by atoms with E-state index in [0.29, 0.717) is 44.1 Å². The first-order valence-corrected chi connectivity index (χ1v) is 27.3. The van der Waals surface area contributed by atoms with Crippen LogP contribution in [0.15, 0.2) is 35.8 Å². The van der Waals surface area contributed by atoms with Gasteiger partial charge in [0.25, 0.3) is 12.3 Å². The molecule has 1 aliphatic carbocycles. The summed E-state index contributed by atoms with van der Waals surface area (Å²) in [6.45, 7) is 20.0. The van der Waals surface area contributed by atoms with Crippen molar-refractivity contribution in [3.8, 4) is 22.5 Å². The molecule has 2 N–H and O–H groups in total. The number of morpholine rings is 1. The van der Waals surface area contributed by atoms with Crippen LogP contribution in [0.3, 0.4) is 0 Å². The van der Waals surface area contributed by atoms with Crippen molar-refractivity contribution >= 4 is 40.0 Å². The largest absolute Gasteiger partial charge is 0.464 e. The van der Waals surface area contributed by atoms with Gasteiger partial charge >= 0.3 is 5.97 Å². The van der Waals surface area contributed by atoms with Crippen molar-refractivity contribution in [3.05, 3.63) is 57.7 Å². The maximum absolute atomic E-state index is 14.8. The van der Waals surface area contributed by atoms with Gasteiger partial charge in [-0.25, -0.2) is 19.2 Å². The molecule has 5 aliphatic rings. The molecule has 9 atom stereocenters. The number of cyclic esters (lactones) is 1. The molecular formula is C55H75F2N7O8S. The van der Waals surface area contributed by atoms with Gasteiger partial charge < -0.3 is 33.6 Å². The number of piperidine rings is 1. The van der Waals surface area contributed by atoms with Crippen LogP contribution in [0.25, 0.3) is 33.4 Å². The Balaban J connectivity index is 1.21. The molecule has 6 bridgehead atoms. The zero-order valence-electron chi connectivity index (χ0n) is 44.0. The molecule has 4 fully saturated rings. The number of rotatable bonds is 14. The molecule has 9 rings (SSSR count). The summed E-state index contributed by atoms with van der Waals surface area (Å²) < 4.78 is 61.2. The van der Waals surface area contributed by atoms with Crippen LogP contribution >= 0.6 is 11.3 Å². The Labute approximate surface area is 432 Å². The fraction of sp³-hybridized carbons (Fsp3) is 0.655. The van der Waals surface area contributed by atoms with Crippen molar-refractivity contribution in [1.82, 2.24) is 35.2 Å². The van der Waals surface area contributed by atoms with Gasteiger partial charge in [0.1, 0.15) is 29.8 Å².